The van der Waals surface area contributed by atoms with E-state index in [4.69, 9.17) is 0 Å². The molecule has 4 aliphatic rings. The van der Waals surface area contributed by atoms with E-state index in [1.165, 1.54) is 50.3 Å². The molecule has 4 bridgehead atoms. The highest BCUT2D eigenvalue weighted by molar-refractivity contribution is 7.99. The Morgan fingerprint density at radius 3 is 2.47 bits per heavy atom. The highest BCUT2D eigenvalue weighted by Crippen LogP contribution is 2.61. The van der Waals surface area contributed by atoms with Crippen molar-refractivity contribution in [2.24, 2.45) is 23.2 Å². The van der Waals surface area contributed by atoms with Crippen LogP contribution in [-0.4, -0.2) is 27.3 Å². The van der Waals surface area contributed by atoms with E-state index in [1.807, 2.05) is 31.2 Å². The van der Waals surface area contributed by atoms with Gasteiger partial charge in [0.1, 0.15) is 0 Å². The maximum Gasteiger partial charge on any atom is 0.262 e. The van der Waals surface area contributed by atoms with Crippen LogP contribution in [0, 0.1) is 23.2 Å². The van der Waals surface area contributed by atoms with Gasteiger partial charge in [-0.3, -0.25) is 14.2 Å². The number of thioether (sulfide) groups is 1. The van der Waals surface area contributed by atoms with Gasteiger partial charge in [-0.15, -0.1) is 0 Å². The summed E-state index contributed by atoms with van der Waals surface area (Å²) in [4.78, 5) is 30.3. The molecule has 0 radical (unpaired) electrons. The first-order valence-electron chi connectivity index (χ1n) is 11.4. The van der Waals surface area contributed by atoms with Crippen LogP contribution in [0.4, 0.5) is 0 Å². The molecule has 4 fully saturated rings. The van der Waals surface area contributed by atoms with Crippen LogP contribution in [0.2, 0.25) is 0 Å². The molecular formula is C24H31N3O2S. The first-order valence-corrected chi connectivity index (χ1v) is 12.4. The van der Waals surface area contributed by atoms with Crippen LogP contribution in [0.1, 0.15) is 52.4 Å². The first kappa shape index (κ1) is 20.1. The molecule has 30 heavy (non-hydrogen) atoms. The van der Waals surface area contributed by atoms with Crippen molar-refractivity contribution in [2.45, 2.75) is 70.1 Å². The minimum atomic E-state index is -0.0343. The molecule has 4 aliphatic carbocycles. The fourth-order valence-corrected chi connectivity index (χ4v) is 7.69. The normalized spacial score (nSPS) is 30.5. The highest BCUT2D eigenvalue weighted by Gasteiger charge is 2.53. The van der Waals surface area contributed by atoms with Gasteiger partial charge in [-0.25, -0.2) is 4.98 Å². The van der Waals surface area contributed by atoms with E-state index in [1.54, 1.807) is 4.57 Å². The molecule has 0 unspecified atom stereocenters. The fraction of sp³-hybridized carbons (Fsp3) is 0.625. The van der Waals surface area contributed by atoms with Gasteiger partial charge in [0, 0.05) is 12.6 Å². The van der Waals surface area contributed by atoms with Crippen LogP contribution in [0.15, 0.2) is 34.2 Å². The number of para-hydroxylation sites is 1. The van der Waals surface area contributed by atoms with Crippen molar-refractivity contribution in [1.82, 2.24) is 14.9 Å². The zero-order valence-corrected chi connectivity index (χ0v) is 18.7. The molecule has 160 valence electrons. The van der Waals surface area contributed by atoms with Gasteiger partial charge in [0.15, 0.2) is 5.16 Å². The van der Waals surface area contributed by atoms with Crippen molar-refractivity contribution >= 4 is 28.6 Å². The molecular weight excluding hydrogens is 394 g/mol. The van der Waals surface area contributed by atoms with Gasteiger partial charge in [0.05, 0.1) is 16.7 Å². The van der Waals surface area contributed by atoms with E-state index >= 15 is 0 Å². The number of nitrogens with zero attached hydrogens (tertiary/aromatic N) is 2. The van der Waals surface area contributed by atoms with E-state index in [9.17, 15) is 9.59 Å². The number of carbonyl (C=O) groups is 1. The van der Waals surface area contributed by atoms with Crippen molar-refractivity contribution in [1.29, 1.82) is 0 Å². The smallest absolute Gasteiger partial charge is 0.262 e. The molecule has 6 heteroatoms. The molecule has 1 aromatic heterocycles. The predicted octanol–water partition coefficient (Wildman–Crippen LogP) is 4.23. The van der Waals surface area contributed by atoms with Crippen molar-refractivity contribution in [3.63, 3.8) is 0 Å². The third-order valence-corrected chi connectivity index (χ3v) is 8.83. The summed E-state index contributed by atoms with van der Waals surface area (Å²) >= 11 is 1.37. The van der Waals surface area contributed by atoms with Gasteiger partial charge in [-0.2, -0.15) is 0 Å². The molecule has 1 amide bonds. The average molecular weight is 426 g/mol. The third kappa shape index (κ3) is 3.47. The minimum absolute atomic E-state index is 0.0343. The Morgan fingerprint density at radius 1 is 1.20 bits per heavy atom. The largest absolute Gasteiger partial charge is 0.352 e. The van der Waals surface area contributed by atoms with Gasteiger partial charge in [0.25, 0.3) is 5.56 Å². The lowest BCUT2D eigenvalue weighted by Gasteiger charge is -2.59. The zero-order valence-electron chi connectivity index (χ0n) is 17.9. The van der Waals surface area contributed by atoms with Gasteiger partial charge in [-0.05, 0) is 87.7 Å². The quantitative estimate of drug-likeness (QED) is 0.556. The van der Waals surface area contributed by atoms with E-state index in [0.717, 1.165) is 17.8 Å². The van der Waals surface area contributed by atoms with Crippen LogP contribution in [0.3, 0.4) is 0 Å². The minimum Gasteiger partial charge on any atom is -0.352 e. The Labute approximate surface area is 182 Å². The summed E-state index contributed by atoms with van der Waals surface area (Å²) in [7, 11) is 0. The summed E-state index contributed by atoms with van der Waals surface area (Å²) in [6.07, 6.45) is 8.10. The van der Waals surface area contributed by atoms with E-state index < -0.39 is 0 Å². The molecule has 1 N–H and O–H groups in total. The SMILES string of the molecule is CCn1c(SCC(=O)N[C@@H](C)C23CC4CC(CC(C4)C2)C3)nc2ccccc2c1=O. The number of rotatable bonds is 6. The van der Waals surface area contributed by atoms with Crippen molar-refractivity contribution in [3.05, 3.63) is 34.6 Å². The number of aromatic nitrogens is 2. The molecule has 1 aromatic carbocycles. The summed E-state index contributed by atoms with van der Waals surface area (Å²) in [6, 6.07) is 7.63. The first-order chi connectivity index (χ1) is 14.5. The molecule has 0 spiro atoms. The number of nitrogens with one attached hydrogen (secondary N) is 1. The molecule has 4 saturated carbocycles. The second-order valence-electron chi connectivity index (χ2n) is 9.82. The van der Waals surface area contributed by atoms with Gasteiger partial charge in [-0.1, -0.05) is 23.9 Å². The second kappa shape index (κ2) is 7.70. The molecule has 1 atom stereocenters. The number of fused-ring (bicyclic) bond motifs is 1. The Balaban J connectivity index is 1.27. The summed E-state index contributed by atoms with van der Waals surface area (Å²) in [6.45, 7) is 4.70. The third-order valence-electron chi connectivity index (χ3n) is 7.86. The Bertz CT molecular complexity index is 995. The van der Waals surface area contributed by atoms with Crippen molar-refractivity contribution < 1.29 is 4.79 Å². The van der Waals surface area contributed by atoms with E-state index in [0.29, 0.717) is 33.8 Å². The van der Waals surface area contributed by atoms with Crippen LogP contribution >= 0.6 is 11.8 Å². The second-order valence-corrected chi connectivity index (χ2v) is 10.8. The number of hydrogen-bond donors (Lipinski definition) is 1. The molecule has 6 rings (SSSR count). The maximum absolute atomic E-state index is 12.8. The summed E-state index contributed by atoms with van der Waals surface area (Å²) in [5, 5.41) is 4.57. The predicted molar refractivity (Wildman–Crippen MR) is 121 cm³/mol. The Hall–Kier alpha value is -1.82. The van der Waals surface area contributed by atoms with E-state index in [-0.39, 0.29) is 17.5 Å². The van der Waals surface area contributed by atoms with Crippen LogP contribution in [0.25, 0.3) is 10.9 Å². The summed E-state index contributed by atoms with van der Waals surface area (Å²) < 4.78 is 1.67. The molecule has 2 aromatic rings. The van der Waals surface area contributed by atoms with Crippen molar-refractivity contribution in [2.75, 3.05) is 5.75 Å². The van der Waals surface area contributed by atoms with Crippen molar-refractivity contribution in [3.8, 4) is 0 Å². The lowest BCUT2D eigenvalue weighted by atomic mass is 9.48. The number of carbonyl (C=O) groups excluding carboxylic acids is 1. The highest BCUT2D eigenvalue weighted by atomic mass is 32.2. The molecule has 5 nitrogen and oxygen atoms in total. The van der Waals surface area contributed by atoms with Gasteiger partial charge in [0.2, 0.25) is 5.91 Å². The number of hydrogen-bond acceptors (Lipinski definition) is 4. The standard InChI is InChI=1S/C24H31N3O2S/c1-3-27-22(29)19-6-4-5-7-20(19)26-23(27)30-14-21(28)25-15(2)24-11-16-8-17(12-24)10-18(9-16)13-24/h4-7,15-18H,3,8-14H2,1-2H3,(H,25,28)/t15-,16?,17?,18?,24?/m0/s1. The zero-order chi connectivity index (χ0) is 20.9. The van der Waals surface area contributed by atoms with E-state index in [2.05, 4.69) is 17.2 Å². The fourth-order valence-electron chi connectivity index (χ4n) is 6.81. The summed E-state index contributed by atoms with van der Waals surface area (Å²) in [5.41, 5.74) is 0.965. The topological polar surface area (TPSA) is 64.0 Å². The Morgan fingerprint density at radius 2 is 1.83 bits per heavy atom. The van der Waals surface area contributed by atoms with Gasteiger partial charge < -0.3 is 5.32 Å². The van der Waals surface area contributed by atoms with Crippen LogP contribution < -0.4 is 10.9 Å². The maximum atomic E-state index is 12.8. The van der Waals surface area contributed by atoms with Gasteiger partial charge >= 0.3 is 0 Å². The van der Waals surface area contributed by atoms with Crippen LogP contribution in [-0.2, 0) is 11.3 Å². The lowest BCUT2D eigenvalue weighted by Crippen LogP contribution is -2.56. The average Bonchev–Trinajstić information content (AvgIpc) is 2.71. The number of amides is 1. The molecule has 1 heterocycles. The molecule has 0 saturated heterocycles. The molecule has 0 aliphatic heterocycles. The number of benzene rings is 1. The monoisotopic (exact) mass is 425 g/mol. The Kier molecular flexibility index (Phi) is 5.16. The summed E-state index contributed by atoms with van der Waals surface area (Å²) in [5.74, 6) is 2.98. The van der Waals surface area contributed by atoms with Crippen LogP contribution in [0.5, 0.6) is 0 Å². The lowest BCUT2D eigenvalue weighted by molar-refractivity contribution is -0.123.